The number of hydrogen-bond acceptors (Lipinski definition) is 8. The van der Waals surface area contributed by atoms with Crippen molar-refractivity contribution in [3.05, 3.63) is 95.0 Å². The molecular formula is C25H23FN4O4S. The molecule has 0 saturated carbocycles. The number of esters is 2. The van der Waals surface area contributed by atoms with E-state index in [-0.39, 0.29) is 12.4 Å². The lowest BCUT2D eigenvalue weighted by Gasteiger charge is -2.28. The molecule has 1 atom stereocenters. The molecule has 0 amide bonds. The molecule has 1 aliphatic heterocycles. The van der Waals surface area contributed by atoms with Crippen LogP contribution >= 0.6 is 11.8 Å². The third-order valence-corrected chi connectivity index (χ3v) is 6.23. The number of ether oxygens (including phenoxy) is 2. The highest BCUT2D eigenvalue weighted by atomic mass is 32.2. The summed E-state index contributed by atoms with van der Waals surface area (Å²) >= 11 is 1.28. The molecule has 35 heavy (non-hydrogen) atoms. The van der Waals surface area contributed by atoms with Gasteiger partial charge in [0.05, 0.1) is 18.2 Å². The molecule has 180 valence electrons. The van der Waals surface area contributed by atoms with Crippen molar-refractivity contribution in [2.75, 3.05) is 19.0 Å². The summed E-state index contributed by atoms with van der Waals surface area (Å²) in [7, 11) is 1.31. The van der Waals surface area contributed by atoms with Crippen LogP contribution in [-0.4, -0.2) is 40.4 Å². The zero-order valence-corrected chi connectivity index (χ0v) is 20.0. The third-order valence-electron chi connectivity index (χ3n) is 5.35. The van der Waals surface area contributed by atoms with Crippen molar-refractivity contribution in [3.63, 3.8) is 0 Å². The van der Waals surface area contributed by atoms with E-state index in [1.807, 2.05) is 0 Å². The van der Waals surface area contributed by atoms with Gasteiger partial charge in [-0.05, 0) is 36.2 Å². The van der Waals surface area contributed by atoms with Gasteiger partial charge in [0.25, 0.3) is 0 Å². The molecule has 8 nitrogen and oxygen atoms in total. The van der Waals surface area contributed by atoms with Crippen molar-refractivity contribution >= 4 is 29.6 Å². The van der Waals surface area contributed by atoms with Crippen LogP contribution in [0.2, 0.25) is 0 Å². The molecule has 0 spiro atoms. The van der Waals surface area contributed by atoms with Gasteiger partial charge in [-0.25, -0.2) is 18.7 Å². The number of thioether (sulfide) groups is 1. The van der Waals surface area contributed by atoms with E-state index in [2.05, 4.69) is 22.0 Å². The van der Waals surface area contributed by atoms with E-state index < -0.39 is 18.0 Å². The first-order valence-corrected chi connectivity index (χ1v) is 11.7. The number of benzene rings is 2. The van der Waals surface area contributed by atoms with Crippen LogP contribution in [0.15, 0.2) is 77.6 Å². The predicted molar refractivity (Wildman–Crippen MR) is 129 cm³/mol. The molecule has 1 unspecified atom stereocenters. The van der Waals surface area contributed by atoms with E-state index >= 15 is 0 Å². The predicted octanol–water partition coefficient (Wildman–Crippen LogP) is 4.51. The van der Waals surface area contributed by atoms with Crippen molar-refractivity contribution in [2.45, 2.75) is 23.9 Å². The van der Waals surface area contributed by atoms with Gasteiger partial charge in [-0.15, -0.1) is 5.10 Å². The maximum Gasteiger partial charge on any atom is 0.338 e. The van der Waals surface area contributed by atoms with Crippen LogP contribution in [0.25, 0.3) is 0 Å². The second-order valence-corrected chi connectivity index (χ2v) is 8.55. The van der Waals surface area contributed by atoms with Gasteiger partial charge in [0.15, 0.2) is 0 Å². The van der Waals surface area contributed by atoms with E-state index in [9.17, 15) is 14.0 Å². The molecule has 1 aromatic heterocycles. The van der Waals surface area contributed by atoms with Gasteiger partial charge >= 0.3 is 11.9 Å². The van der Waals surface area contributed by atoms with Crippen LogP contribution in [0.1, 0.15) is 34.5 Å². The summed E-state index contributed by atoms with van der Waals surface area (Å²) in [5.74, 6) is -0.516. The number of carbonyl (C=O) groups is 2. The first-order chi connectivity index (χ1) is 16.9. The van der Waals surface area contributed by atoms with Crippen LogP contribution in [-0.2, 0) is 20.0 Å². The number of hydrogen-bond donors (Lipinski definition) is 1. The minimum absolute atomic E-state index is 0.0531. The standard InChI is InChI=1S/C25H23FN4O4S/c1-4-13-34-23(32)20-15(2)27-24-28-25(35-14-18-7-5-6-8-19(18)26)29-30(24)21(20)16-9-11-17(12-10-16)22(31)33-3/h4-12,21H,1,13-14H2,2-3H3,(H,27,28,29). The molecule has 2 heterocycles. The van der Waals surface area contributed by atoms with E-state index in [0.717, 1.165) is 0 Å². The minimum Gasteiger partial charge on any atom is -0.465 e. The fourth-order valence-electron chi connectivity index (χ4n) is 3.65. The number of rotatable bonds is 8. The zero-order chi connectivity index (χ0) is 24.9. The lowest BCUT2D eigenvalue weighted by atomic mass is 9.95. The number of nitrogens with zero attached hydrogens (tertiary/aromatic N) is 3. The highest BCUT2D eigenvalue weighted by Gasteiger charge is 2.35. The molecular weight excluding hydrogens is 471 g/mol. The Morgan fingerprint density at radius 3 is 2.63 bits per heavy atom. The van der Waals surface area contributed by atoms with Crippen LogP contribution < -0.4 is 5.32 Å². The molecule has 0 bridgehead atoms. The van der Waals surface area contributed by atoms with E-state index in [1.54, 1.807) is 54.1 Å². The summed E-state index contributed by atoms with van der Waals surface area (Å²) in [6.07, 6.45) is 1.49. The molecule has 0 aliphatic carbocycles. The van der Waals surface area contributed by atoms with Gasteiger partial charge < -0.3 is 14.8 Å². The zero-order valence-electron chi connectivity index (χ0n) is 19.2. The first-order valence-electron chi connectivity index (χ1n) is 10.7. The normalized spacial score (nSPS) is 14.7. The van der Waals surface area contributed by atoms with Gasteiger partial charge in [0.1, 0.15) is 18.5 Å². The lowest BCUT2D eigenvalue weighted by molar-refractivity contribution is -0.138. The molecule has 1 aliphatic rings. The highest BCUT2D eigenvalue weighted by molar-refractivity contribution is 7.98. The topological polar surface area (TPSA) is 95.3 Å². The maximum atomic E-state index is 14.0. The summed E-state index contributed by atoms with van der Waals surface area (Å²) in [6.45, 7) is 5.40. The number of allylic oxidation sites excluding steroid dienone is 1. The number of carbonyl (C=O) groups excluding carboxylic acids is 2. The van der Waals surface area contributed by atoms with Gasteiger partial charge in [-0.3, -0.25) is 0 Å². The molecule has 1 N–H and O–H groups in total. The summed E-state index contributed by atoms with van der Waals surface area (Å²) < 4.78 is 25.7. The van der Waals surface area contributed by atoms with Crippen molar-refractivity contribution in [2.24, 2.45) is 0 Å². The summed E-state index contributed by atoms with van der Waals surface area (Å²) in [5, 5.41) is 8.14. The van der Waals surface area contributed by atoms with Crippen molar-refractivity contribution in [1.29, 1.82) is 0 Å². The molecule has 0 saturated heterocycles. The summed E-state index contributed by atoms with van der Waals surface area (Å²) in [5.41, 5.74) is 2.52. The monoisotopic (exact) mass is 494 g/mol. The molecule has 3 aromatic rings. The Hall–Kier alpha value is -3.92. The number of anilines is 1. The number of fused-ring (bicyclic) bond motifs is 1. The van der Waals surface area contributed by atoms with Crippen LogP contribution in [0.3, 0.4) is 0 Å². The van der Waals surface area contributed by atoms with E-state index in [4.69, 9.17) is 9.47 Å². The van der Waals surface area contributed by atoms with E-state index in [1.165, 1.54) is 31.0 Å². The lowest BCUT2D eigenvalue weighted by Crippen LogP contribution is -2.29. The molecule has 4 rings (SSSR count). The van der Waals surface area contributed by atoms with Crippen molar-refractivity contribution in [3.8, 4) is 0 Å². The minimum atomic E-state index is -0.662. The second-order valence-electron chi connectivity index (χ2n) is 7.61. The number of methoxy groups -OCH3 is 1. The maximum absolute atomic E-state index is 14.0. The fourth-order valence-corrected chi connectivity index (χ4v) is 4.47. The van der Waals surface area contributed by atoms with Gasteiger partial charge in [-0.2, -0.15) is 4.98 Å². The Morgan fingerprint density at radius 1 is 1.20 bits per heavy atom. The van der Waals surface area contributed by atoms with Gasteiger partial charge in [0, 0.05) is 11.4 Å². The second kappa shape index (κ2) is 10.6. The van der Waals surface area contributed by atoms with Crippen molar-refractivity contribution < 1.29 is 23.5 Å². The average molecular weight is 495 g/mol. The Balaban J connectivity index is 1.70. The van der Waals surface area contributed by atoms with Crippen LogP contribution in [0, 0.1) is 5.82 Å². The molecule has 10 heteroatoms. The first kappa shape index (κ1) is 24.2. The SMILES string of the molecule is C=CCOC(=O)C1=C(C)Nc2nc(SCc3ccccc3F)nn2C1c1ccc(C(=O)OC)cc1. The number of halogens is 1. The smallest absolute Gasteiger partial charge is 0.338 e. The average Bonchev–Trinajstić information content (AvgIpc) is 3.27. The van der Waals surface area contributed by atoms with Gasteiger partial charge in [0.2, 0.25) is 11.1 Å². The number of nitrogens with one attached hydrogen (secondary N) is 1. The molecule has 0 radical (unpaired) electrons. The number of aromatic nitrogens is 3. The Bertz CT molecular complexity index is 1300. The summed E-state index contributed by atoms with van der Waals surface area (Å²) in [6, 6.07) is 12.6. The van der Waals surface area contributed by atoms with Crippen LogP contribution in [0.5, 0.6) is 0 Å². The van der Waals surface area contributed by atoms with Crippen LogP contribution in [0.4, 0.5) is 10.3 Å². The fraction of sp³-hybridized carbons (Fsp3) is 0.200. The molecule has 2 aromatic carbocycles. The van der Waals surface area contributed by atoms with Crippen molar-refractivity contribution in [1.82, 2.24) is 14.8 Å². The Morgan fingerprint density at radius 2 is 1.94 bits per heavy atom. The third kappa shape index (κ3) is 5.12. The molecule has 0 fully saturated rings. The Labute approximate surface area is 205 Å². The highest BCUT2D eigenvalue weighted by Crippen LogP contribution is 2.37. The quantitative estimate of drug-likeness (QED) is 0.278. The Kier molecular flexibility index (Phi) is 7.31. The van der Waals surface area contributed by atoms with Gasteiger partial charge in [-0.1, -0.05) is 54.7 Å². The summed E-state index contributed by atoms with van der Waals surface area (Å²) in [4.78, 5) is 29.4. The largest absolute Gasteiger partial charge is 0.465 e. The van der Waals surface area contributed by atoms with E-state index in [0.29, 0.717) is 44.8 Å².